The summed E-state index contributed by atoms with van der Waals surface area (Å²) in [7, 11) is 0. The summed E-state index contributed by atoms with van der Waals surface area (Å²) in [5.41, 5.74) is 0.412. The zero-order valence-electron chi connectivity index (χ0n) is 14.0. The van der Waals surface area contributed by atoms with Crippen LogP contribution in [0.4, 0.5) is 0 Å². The largest absolute Gasteiger partial charge is 0.354 e. The summed E-state index contributed by atoms with van der Waals surface area (Å²) in [5, 5.41) is 11.0. The summed E-state index contributed by atoms with van der Waals surface area (Å²) in [6.45, 7) is 8.09. The highest BCUT2D eigenvalue weighted by Crippen LogP contribution is 2.36. The molecule has 3 saturated heterocycles. The van der Waals surface area contributed by atoms with Crippen molar-refractivity contribution in [1.82, 2.24) is 25.2 Å². The monoisotopic (exact) mass is 319 g/mol. The number of rotatable bonds is 5. The Hall–Kier alpha value is -1.76. The number of fused-ring (bicyclic) bond motifs is 3. The van der Waals surface area contributed by atoms with Crippen LogP contribution >= 0.6 is 0 Å². The number of hydrogen-bond donors (Lipinski definition) is 1. The van der Waals surface area contributed by atoms with Crippen molar-refractivity contribution in [1.29, 1.82) is 0 Å². The van der Waals surface area contributed by atoms with Crippen LogP contribution in [-0.4, -0.2) is 56.8 Å². The lowest BCUT2D eigenvalue weighted by Gasteiger charge is -2.49. The van der Waals surface area contributed by atoms with Gasteiger partial charge in [0, 0.05) is 25.6 Å². The first-order valence-electron chi connectivity index (χ1n) is 8.39. The smallest absolute Gasteiger partial charge is 0.224 e. The van der Waals surface area contributed by atoms with Gasteiger partial charge in [-0.3, -0.25) is 19.2 Å². The number of nitrogens with one attached hydrogen (secondary N) is 1. The molecule has 4 heterocycles. The second kappa shape index (κ2) is 6.39. The fourth-order valence-electron chi connectivity index (χ4n) is 3.78. The van der Waals surface area contributed by atoms with Crippen LogP contribution in [-0.2, 0) is 11.3 Å². The SMILES string of the molecule is CC(=O)c1cn(C[C@H]2C[C@H]3CCN2C[C@H]3C(=O)NC(C)C)nn1. The van der Waals surface area contributed by atoms with Crippen LogP contribution in [0.3, 0.4) is 0 Å². The zero-order valence-corrected chi connectivity index (χ0v) is 14.0. The molecule has 3 fully saturated rings. The van der Waals surface area contributed by atoms with E-state index in [4.69, 9.17) is 0 Å². The Balaban J connectivity index is 1.62. The summed E-state index contributed by atoms with van der Waals surface area (Å²) >= 11 is 0. The summed E-state index contributed by atoms with van der Waals surface area (Å²) in [6, 6.07) is 0.562. The molecule has 7 heteroatoms. The average Bonchev–Trinajstić information content (AvgIpc) is 2.96. The maximum atomic E-state index is 12.3. The number of aromatic nitrogens is 3. The molecule has 0 aromatic carbocycles. The highest BCUT2D eigenvalue weighted by atomic mass is 16.2. The molecule has 2 bridgehead atoms. The summed E-state index contributed by atoms with van der Waals surface area (Å²) < 4.78 is 1.76. The number of carbonyl (C=O) groups excluding carboxylic acids is 2. The Morgan fingerprint density at radius 2 is 2.22 bits per heavy atom. The second-order valence-corrected chi connectivity index (χ2v) is 7.09. The molecule has 3 aliphatic heterocycles. The van der Waals surface area contributed by atoms with Gasteiger partial charge in [0.2, 0.25) is 5.91 Å². The first kappa shape index (κ1) is 16.1. The number of carbonyl (C=O) groups is 2. The van der Waals surface area contributed by atoms with Gasteiger partial charge in [-0.05, 0) is 39.2 Å². The molecular weight excluding hydrogens is 294 g/mol. The van der Waals surface area contributed by atoms with E-state index in [1.807, 2.05) is 13.8 Å². The third-order valence-electron chi connectivity index (χ3n) is 4.94. The van der Waals surface area contributed by atoms with Crippen molar-refractivity contribution in [3.05, 3.63) is 11.9 Å². The molecule has 4 atom stereocenters. The van der Waals surface area contributed by atoms with Crippen LogP contribution in [0.5, 0.6) is 0 Å². The summed E-state index contributed by atoms with van der Waals surface area (Å²) in [4.78, 5) is 26.0. The normalized spacial score (nSPS) is 29.7. The van der Waals surface area contributed by atoms with Crippen molar-refractivity contribution in [3.8, 4) is 0 Å². The van der Waals surface area contributed by atoms with Crippen LogP contribution in [0, 0.1) is 11.8 Å². The van der Waals surface area contributed by atoms with E-state index in [-0.39, 0.29) is 23.7 Å². The van der Waals surface area contributed by atoms with Crippen LogP contribution in [0.2, 0.25) is 0 Å². The lowest BCUT2D eigenvalue weighted by molar-refractivity contribution is -0.133. The fourth-order valence-corrected chi connectivity index (χ4v) is 3.78. The molecule has 126 valence electrons. The van der Waals surface area contributed by atoms with Crippen LogP contribution < -0.4 is 5.32 Å². The lowest BCUT2D eigenvalue weighted by Crippen LogP contribution is -2.58. The van der Waals surface area contributed by atoms with E-state index in [9.17, 15) is 9.59 Å². The number of ketones is 1. The molecule has 1 unspecified atom stereocenters. The van der Waals surface area contributed by atoms with Crippen molar-refractivity contribution in [3.63, 3.8) is 0 Å². The fraction of sp³-hybridized carbons (Fsp3) is 0.750. The zero-order chi connectivity index (χ0) is 16.6. The van der Waals surface area contributed by atoms with E-state index in [0.717, 1.165) is 32.5 Å². The van der Waals surface area contributed by atoms with Gasteiger partial charge in [0.25, 0.3) is 0 Å². The highest BCUT2D eigenvalue weighted by molar-refractivity contribution is 5.91. The van der Waals surface area contributed by atoms with Gasteiger partial charge in [-0.15, -0.1) is 5.10 Å². The van der Waals surface area contributed by atoms with E-state index in [2.05, 4.69) is 20.5 Å². The third kappa shape index (κ3) is 3.44. The van der Waals surface area contributed by atoms with Gasteiger partial charge in [-0.1, -0.05) is 5.21 Å². The molecule has 1 aromatic rings. The van der Waals surface area contributed by atoms with E-state index in [1.54, 1.807) is 10.9 Å². The molecule has 1 N–H and O–H groups in total. The second-order valence-electron chi connectivity index (χ2n) is 7.09. The van der Waals surface area contributed by atoms with Gasteiger partial charge in [0.05, 0.1) is 18.7 Å². The molecular formula is C16H25N5O2. The molecule has 0 saturated carbocycles. The van der Waals surface area contributed by atoms with Crippen molar-refractivity contribution >= 4 is 11.7 Å². The van der Waals surface area contributed by atoms with E-state index < -0.39 is 0 Å². The Kier molecular flexibility index (Phi) is 4.48. The summed E-state index contributed by atoms with van der Waals surface area (Å²) in [6.07, 6.45) is 3.81. The van der Waals surface area contributed by atoms with Crippen molar-refractivity contribution in [2.24, 2.45) is 11.8 Å². The molecule has 0 spiro atoms. The maximum absolute atomic E-state index is 12.3. The number of hydrogen-bond acceptors (Lipinski definition) is 5. The van der Waals surface area contributed by atoms with Crippen molar-refractivity contribution in [2.45, 2.75) is 52.2 Å². The minimum Gasteiger partial charge on any atom is -0.354 e. The number of nitrogens with zero attached hydrogens (tertiary/aromatic N) is 4. The Bertz CT molecular complexity index is 597. The molecule has 3 aliphatic rings. The van der Waals surface area contributed by atoms with Crippen LogP contribution in [0.25, 0.3) is 0 Å². The van der Waals surface area contributed by atoms with Crippen molar-refractivity contribution < 1.29 is 9.59 Å². The van der Waals surface area contributed by atoms with Crippen LogP contribution in [0.15, 0.2) is 6.20 Å². The summed E-state index contributed by atoms with van der Waals surface area (Å²) in [5.74, 6) is 0.672. The van der Waals surface area contributed by atoms with E-state index >= 15 is 0 Å². The molecule has 0 radical (unpaired) electrons. The molecule has 23 heavy (non-hydrogen) atoms. The quantitative estimate of drug-likeness (QED) is 0.809. The van der Waals surface area contributed by atoms with Gasteiger partial charge < -0.3 is 5.32 Å². The average molecular weight is 319 g/mol. The molecule has 1 amide bonds. The first-order valence-corrected chi connectivity index (χ1v) is 8.39. The number of piperidine rings is 3. The highest BCUT2D eigenvalue weighted by Gasteiger charge is 2.43. The van der Waals surface area contributed by atoms with Gasteiger partial charge in [-0.2, -0.15) is 0 Å². The Morgan fingerprint density at radius 3 is 2.78 bits per heavy atom. The predicted molar refractivity (Wildman–Crippen MR) is 84.9 cm³/mol. The molecule has 4 rings (SSSR count). The maximum Gasteiger partial charge on any atom is 0.224 e. The number of Topliss-reactive ketones (excluding diaryl/α,β-unsaturated/α-hetero) is 1. The number of amides is 1. The molecule has 1 aromatic heterocycles. The molecule has 0 aliphatic carbocycles. The third-order valence-corrected chi connectivity index (χ3v) is 4.94. The Morgan fingerprint density at radius 1 is 1.43 bits per heavy atom. The minimum atomic E-state index is -0.0628. The van der Waals surface area contributed by atoms with Gasteiger partial charge >= 0.3 is 0 Å². The first-order chi connectivity index (χ1) is 10.9. The van der Waals surface area contributed by atoms with E-state index in [0.29, 0.717) is 17.7 Å². The predicted octanol–water partition coefficient (Wildman–Crippen LogP) is 0.716. The lowest BCUT2D eigenvalue weighted by atomic mass is 9.75. The van der Waals surface area contributed by atoms with Crippen molar-refractivity contribution in [2.75, 3.05) is 13.1 Å². The topological polar surface area (TPSA) is 80.1 Å². The minimum absolute atomic E-state index is 0.0628. The van der Waals surface area contributed by atoms with Gasteiger partial charge in [-0.25, -0.2) is 0 Å². The molecule has 7 nitrogen and oxygen atoms in total. The van der Waals surface area contributed by atoms with E-state index in [1.165, 1.54) is 6.92 Å². The van der Waals surface area contributed by atoms with Gasteiger partial charge in [0.1, 0.15) is 5.69 Å². The Labute approximate surface area is 136 Å². The van der Waals surface area contributed by atoms with Crippen LogP contribution in [0.1, 0.15) is 44.1 Å². The van der Waals surface area contributed by atoms with Gasteiger partial charge in [0.15, 0.2) is 5.78 Å². The standard InChI is InChI=1S/C16H25N5O2/c1-10(2)17-16(23)14-8-20-5-4-12(14)6-13(20)7-21-9-15(11(3)22)18-19-21/h9-10,12-14H,4-8H2,1-3H3,(H,17,23)/t12-,13-,14-/m1/s1.